The van der Waals surface area contributed by atoms with Crippen LogP contribution in [0.3, 0.4) is 0 Å². The molecule has 0 spiro atoms. The fourth-order valence-corrected chi connectivity index (χ4v) is 0.278. The summed E-state index contributed by atoms with van der Waals surface area (Å²) in [5.74, 6) is 0. The van der Waals surface area contributed by atoms with Gasteiger partial charge in [-0.2, -0.15) is 0 Å². The van der Waals surface area contributed by atoms with Gasteiger partial charge >= 0.3 is 29.6 Å². The number of H-pyrrole nitrogens is 1. The molecule has 0 aliphatic carbocycles. The maximum absolute atomic E-state index is 2.86. The third kappa shape index (κ3) is 4.09. The van der Waals surface area contributed by atoms with Gasteiger partial charge in [0.15, 0.2) is 0 Å². The molecule has 0 aromatic carbocycles. The molecule has 0 saturated carbocycles. The normalized spacial score (nSPS) is 5.71. The van der Waals surface area contributed by atoms with Gasteiger partial charge in [0.1, 0.15) is 0 Å². The molecule has 7 heavy (non-hydrogen) atoms. The monoisotopic (exact) mass is 106 g/mol. The minimum absolute atomic E-state index is 0. The Bertz CT molecular complexity index is 66.2. The molecule has 1 aromatic rings. The topological polar surface area (TPSA) is 49.3 Å². The van der Waals surface area contributed by atoms with Crippen LogP contribution in [0.1, 0.15) is 0 Å². The van der Waals surface area contributed by atoms with E-state index in [4.69, 9.17) is 0 Å². The predicted octanol–water partition coefficient (Wildman–Crippen LogP) is -1.26. The molecule has 0 aliphatic rings. The number of aromatic amines is 1. The van der Waals surface area contributed by atoms with Crippen molar-refractivity contribution in [2.75, 3.05) is 0 Å². The van der Waals surface area contributed by atoms with E-state index in [2.05, 4.69) is 4.98 Å². The zero-order chi connectivity index (χ0) is 3.54. The Morgan fingerprint density at radius 1 is 1.00 bits per heavy atom. The summed E-state index contributed by atoms with van der Waals surface area (Å²) < 4.78 is 0. The molecular formula is C4H7N2Na. The van der Waals surface area contributed by atoms with Gasteiger partial charge in [-0.1, -0.05) is 0 Å². The molecule has 3 heteroatoms. The van der Waals surface area contributed by atoms with Crippen LogP contribution in [0.2, 0.25) is 0 Å². The predicted molar refractivity (Wildman–Crippen MR) is 26.1 cm³/mol. The van der Waals surface area contributed by atoms with Crippen molar-refractivity contribution < 1.29 is 29.6 Å². The first-order valence-corrected chi connectivity index (χ1v) is 1.58. The number of hydrogen-bond donors (Lipinski definition) is 1. The van der Waals surface area contributed by atoms with Crippen LogP contribution in [0, 0.1) is 0 Å². The fourth-order valence-electron chi connectivity index (χ4n) is 0.278. The Kier molecular flexibility index (Phi) is 9.15. The van der Waals surface area contributed by atoms with E-state index in [1.54, 1.807) is 0 Å². The van der Waals surface area contributed by atoms with Crippen LogP contribution in [-0.4, -0.2) is 4.98 Å². The van der Waals surface area contributed by atoms with Crippen LogP contribution >= 0.6 is 0 Å². The first kappa shape index (κ1) is 10.3. The third-order valence-corrected chi connectivity index (χ3v) is 0.496. The molecule has 2 nitrogen and oxygen atoms in total. The average Bonchev–Trinajstić information content (AvgIpc) is 1.76. The number of hydrogen-bond acceptors (Lipinski definition) is 0. The maximum Gasteiger partial charge on any atom is 1.00 e. The first-order chi connectivity index (χ1) is 2.50. The van der Waals surface area contributed by atoms with Gasteiger partial charge in [0.2, 0.25) is 0 Å². The fraction of sp³-hybridized carbons (Fsp3) is 0. The number of rotatable bonds is 0. The van der Waals surface area contributed by atoms with Crippen LogP contribution in [0.5, 0.6) is 0 Å². The van der Waals surface area contributed by atoms with E-state index < -0.39 is 0 Å². The van der Waals surface area contributed by atoms with Gasteiger partial charge in [-0.3, -0.25) is 0 Å². The number of nitrogens with one attached hydrogen (secondary N) is 1. The van der Waals surface area contributed by atoms with Gasteiger partial charge in [-0.15, -0.1) is 0 Å². The Balaban J connectivity index is 0. The maximum atomic E-state index is 2.86. The van der Waals surface area contributed by atoms with Gasteiger partial charge in [-0.05, 0) is 12.1 Å². The summed E-state index contributed by atoms with van der Waals surface area (Å²) in [5.41, 5.74) is 0. The Labute approximate surface area is 65.2 Å². The van der Waals surface area contributed by atoms with Crippen molar-refractivity contribution in [3.8, 4) is 0 Å². The van der Waals surface area contributed by atoms with E-state index in [0.717, 1.165) is 0 Å². The summed E-state index contributed by atoms with van der Waals surface area (Å²) in [5, 5.41) is 0. The summed E-state index contributed by atoms with van der Waals surface area (Å²) in [6.07, 6.45) is 3.75. The van der Waals surface area contributed by atoms with Crippen molar-refractivity contribution in [3.05, 3.63) is 30.7 Å². The van der Waals surface area contributed by atoms with E-state index in [0.29, 0.717) is 0 Å². The summed E-state index contributed by atoms with van der Waals surface area (Å²) in [4.78, 5) is 2.86. The quantitative estimate of drug-likeness (QED) is 0.401. The molecule has 0 bridgehead atoms. The number of aromatic nitrogens is 1. The first-order valence-electron chi connectivity index (χ1n) is 1.58. The SMILES string of the molecule is [NH2-].[Na+].c1cc[nH]c1. The van der Waals surface area contributed by atoms with Crippen molar-refractivity contribution in [2.24, 2.45) is 0 Å². The molecular weight excluding hydrogens is 99.0 g/mol. The van der Waals surface area contributed by atoms with Gasteiger partial charge < -0.3 is 11.1 Å². The molecule has 1 aromatic heterocycles. The zero-order valence-electron chi connectivity index (χ0n) is 4.39. The molecule has 1 heterocycles. The molecule has 0 amide bonds. The van der Waals surface area contributed by atoms with Crippen molar-refractivity contribution >= 4 is 0 Å². The van der Waals surface area contributed by atoms with Crippen molar-refractivity contribution in [1.29, 1.82) is 0 Å². The van der Waals surface area contributed by atoms with Crippen LogP contribution in [-0.2, 0) is 0 Å². The van der Waals surface area contributed by atoms with Gasteiger partial charge in [-0.25, -0.2) is 0 Å². The molecule has 34 valence electrons. The standard InChI is InChI=1S/C4H5N.H2N.Na/c1-2-4-5-3-1;;/h1-5H;1H2;/q;-1;+1. The zero-order valence-corrected chi connectivity index (χ0v) is 6.39. The molecule has 0 atom stereocenters. The second kappa shape index (κ2) is 6.24. The van der Waals surface area contributed by atoms with Crippen LogP contribution < -0.4 is 29.6 Å². The number of nitrogens with two attached hydrogens (primary N) is 1. The molecule has 0 aliphatic heterocycles. The van der Waals surface area contributed by atoms with Gasteiger partial charge in [0, 0.05) is 12.4 Å². The van der Waals surface area contributed by atoms with Gasteiger partial charge in [0.25, 0.3) is 0 Å². The molecule has 3 N–H and O–H groups in total. The van der Waals surface area contributed by atoms with Crippen LogP contribution in [0.15, 0.2) is 24.5 Å². The van der Waals surface area contributed by atoms with Crippen molar-refractivity contribution in [1.82, 2.24) is 4.98 Å². The van der Waals surface area contributed by atoms with E-state index in [9.17, 15) is 0 Å². The molecule has 0 saturated heterocycles. The minimum Gasteiger partial charge on any atom is -0.693 e. The minimum atomic E-state index is 0. The third-order valence-electron chi connectivity index (χ3n) is 0.496. The van der Waals surface area contributed by atoms with Crippen LogP contribution in [0.4, 0.5) is 0 Å². The van der Waals surface area contributed by atoms with Gasteiger partial charge in [0.05, 0.1) is 0 Å². The van der Waals surface area contributed by atoms with E-state index in [1.807, 2.05) is 24.5 Å². The molecule has 1 rings (SSSR count). The summed E-state index contributed by atoms with van der Waals surface area (Å²) in [6.45, 7) is 0. The van der Waals surface area contributed by atoms with Crippen molar-refractivity contribution in [2.45, 2.75) is 0 Å². The van der Waals surface area contributed by atoms with Crippen LogP contribution in [0.25, 0.3) is 6.15 Å². The Morgan fingerprint density at radius 3 is 1.57 bits per heavy atom. The molecule has 0 radical (unpaired) electrons. The second-order valence-electron chi connectivity index (χ2n) is 0.885. The Hall–Kier alpha value is 0.240. The molecule has 0 unspecified atom stereocenters. The smallest absolute Gasteiger partial charge is 0.693 e. The van der Waals surface area contributed by atoms with E-state index in [1.165, 1.54) is 0 Å². The largest absolute Gasteiger partial charge is 1.00 e. The van der Waals surface area contributed by atoms with E-state index in [-0.39, 0.29) is 35.7 Å². The second-order valence-corrected chi connectivity index (χ2v) is 0.885. The average molecular weight is 106 g/mol. The van der Waals surface area contributed by atoms with Crippen molar-refractivity contribution in [3.63, 3.8) is 0 Å². The van der Waals surface area contributed by atoms with E-state index >= 15 is 0 Å². The summed E-state index contributed by atoms with van der Waals surface area (Å²) in [6, 6.07) is 3.89. The Morgan fingerprint density at radius 2 is 1.43 bits per heavy atom. The summed E-state index contributed by atoms with van der Waals surface area (Å²) >= 11 is 0. The summed E-state index contributed by atoms with van der Waals surface area (Å²) in [7, 11) is 0. The molecule has 0 fully saturated rings.